The SMILES string of the molecule is C[C@@H](CCc1ccccc1)NC(=O)CSC1=C(C#N)C(C)(C)[C@H](C#N)C(=O)N1. The number of benzene rings is 1. The molecule has 1 aliphatic heterocycles. The highest BCUT2D eigenvalue weighted by molar-refractivity contribution is 8.03. The van der Waals surface area contributed by atoms with E-state index in [2.05, 4.69) is 28.8 Å². The lowest BCUT2D eigenvalue weighted by Gasteiger charge is -2.34. The minimum atomic E-state index is -0.932. The van der Waals surface area contributed by atoms with E-state index in [0.717, 1.165) is 24.6 Å². The number of rotatable bonds is 7. The molecule has 0 fully saturated rings. The number of nitriles is 2. The lowest BCUT2D eigenvalue weighted by Crippen LogP contribution is -2.44. The lowest BCUT2D eigenvalue weighted by atomic mass is 9.72. The maximum absolute atomic E-state index is 12.3. The number of allylic oxidation sites excluding steroid dienone is 1. The minimum absolute atomic E-state index is 0.0121. The van der Waals surface area contributed by atoms with E-state index in [1.54, 1.807) is 13.8 Å². The number of carbonyl (C=O) groups excluding carboxylic acids is 2. The molecule has 0 aliphatic carbocycles. The van der Waals surface area contributed by atoms with Gasteiger partial charge in [0.25, 0.3) is 0 Å². The zero-order chi connectivity index (χ0) is 20.7. The Labute approximate surface area is 170 Å². The standard InChI is InChI=1S/C21H24N4O2S/c1-14(9-10-15-7-5-4-6-8-15)24-18(26)13-28-20-17(12-23)21(2,3)16(11-22)19(27)25-20/h4-8,14,16H,9-10,13H2,1-3H3,(H,24,26)(H,25,27)/t14-,16+/m0/s1. The van der Waals surface area contributed by atoms with Crippen LogP contribution >= 0.6 is 11.8 Å². The van der Waals surface area contributed by atoms with Crippen molar-refractivity contribution in [1.29, 1.82) is 10.5 Å². The van der Waals surface area contributed by atoms with Crippen LogP contribution in [0.5, 0.6) is 0 Å². The van der Waals surface area contributed by atoms with Gasteiger partial charge in [0.1, 0.15) is 5.92 Å². The number of carbonyl (C=O) groups is 2. The molecular formula is C21H24N4O2S. The summed E-state index contributed by atoms with van der Waals surface area (Å²) in [6.45, 7) is 5.35. The molecule has 1 aromatic carbocycles. The highest BCUT2D eigenvalue weighted by atomic mass is 32.2. The zero-order valence-electron chi connectivity index (χ0n) is 16.3. The second-order valence-electron chi connectivity index (χ2n) is 7.37. The molecule has 0 saturated carbocycles. The number of nitrogens with zero attached hydrogens (tertiary/aromatic N) is 2. The van der Waals surface area contributed by atoms with Crippen molar-refractivity contribution in [1.82, 2.24) is 10.6 Å². The van der Waals surface area contributed by atoms with Crippen molar-refractivity contribution < 1.29 is 9.59 Å². The summed E-state index contributed by atoms with van der Waals surface area (Å²) in [6.07, 6.45) is 1.69. The van der Waals surface area contributed by atoms with E-state index >= 15 is 0 Å². The Kier molecular flexibility index (Phi) is 7.25. The molecule has 6 nitrogen and oxygen atoms in total. The van der Waals surface area contributed by atoms with Crippen LogP contribution in [0.2, 0.25) is 0 Å². The van der Waals surface area contributed by atoms with Crippen LogP contribution in [0.3, 0.4) is 0 Å². The van der Waals surface area contributed by atoms with Gasteiger partial charge in [-0.25, -0.2) is 0 Å². The molecule has 0 radical (unpaired) electrons. The van der Waals surface area contributed by atoms with Gasteiger partial charge in [0.2, 0.25) is 11.8 Å². The van der Waals surface area contributed by atoms with Crippen molar-refractivity contribution in [2.75, 3.05) is 5.75 Å². The van der Waals surface area contributed by atoms with E-state index in [4.69, 9.17) is 0 Å². The van der Waals surface area contributed by atoms with E-state index in [-0.39, 0.29) is 17.7 Å². The predicted molar refractivity (Wildman–Crippen MR) is 108 cm³/mol. The molecule has 0 bridgehead atoms. The first-order chi connectivity index (χ1) is 13.3. The summed E-state index contributed by atoms with van der Waals surface area (Å²) in [5, 5.41) is 24.6. The number of hydrogen-bond acceptors (Lipinski definition) is 5. The van der Waals surface area contributed by atoms with Gasteiger partial charge < -0.3 is 10.6 Å². The van der Waals surface area contributed by atoms with Gasteiger partial charge in [0.15, 0.2) is 0 Å². The first-order valence-corrected chi connectivity index (χ1v) is 10.1. The highest BCUT2D eigenvalue weighted by Crippen LogP contribution is 2.41. The van der Waals surface area contributed by atoms with Crippen molar-refractivity contribution in [2.45, 2.75) is 39.7 Å². The van der Waals surface area contributed by atoms with Crippen LogP contribution < -0.4 is 10.6 Å². The van der Waals surface area contributed by atoms with Gasteiger partial charge >= 0.3 is 0 Å². The van der Waals surface area contributed by atoms with E-state index in [9.17, 15) is 20.1 Å². The third-order valence-electron chi connectivity index (χ3n) is 4.80. The second-order valence-corrected chi connectivity index (χ2v) is 8.36. The Bertz CT molecular complexity index is 849. The van der Waals surface area contributed by atoms with Crippen molar-refractivity contribution in [3.8, 4) is 12.1 Å². The molecule has 1 aliphatic rings. The Morgan fingerprint density at radius 2 is 2.00 bits per heavy atom. The van der Waals surface area contributed by atoms with Gasteiger partial charge in [-0.2, -0.15) is 10.5 Å². The van der Waals surface area contributed by atoms with Gasteiger partial charge in [0.05, 0.1) is 28.5 Å². The van der Waals surface area contributed by atoms with Crippen LogP contribution in [-0.2, 0) is 16.0 Å². The summed E-state index contributed by atoms with van der Waals surface area (Å²) in [6, 6.07) is 14.1. The normalized spacial score (nSPS) is 19.2. The molecule has 1 heterocycles. The molecule has 7 heteroatoms. The zero-order valence-corrected chi connectivity index (χ0v) is 17.1. The number of nitrogens with one attached hydrogen (secondary N) is 2. The Morgan fingerprint density at radius 1 is 1.32 bits per heavy atom. The monoisotopic (exact) mass is 396 g/mol. The van der Waals surface area contributed by atoms with Crippen molar-refractivity contribution in [2.24, 2.45) is 11.3 Å². The molecule has 2 atom stereocenters. The molecule has 2 rings (SSSR count). The summed E-state index contributed by atoms with van der Waals surface area (Å²) in [5.74, 6) is -1.45. The number of hydrogen-bond donors (Lipinski definition) is 2. The molecule has 0 unspecified atom stereocenters. The quantitative estimate of drug-likeness (QED) is 0.737. The average molecular weight is 397 g/mol. The fraction of sp³-hybridized carbons (Fsp3) is 0.429. The van der Waals surface area contributed by atoms with Gasteiger partial charge in [0, 0.05) is 11.5 Å². The van der Waals surface area contributed by atoms with E-state index in [1.165, 1.54) is 5.56 Å². The minimum Gasteiger partial charge on any atom is -0.353 e. The van der Waals surface area contributed by atoms with E-state index in [0.29, 0.717) is 10.6 Å². The van der Waals surface area contributed by atoms with Crippen LogP contribution in [0.1, 0.15) is 32.8 Å². The Hall–Kier alpha value is -2.77. The largest absolute Gasteiger partial charge is 0.353 e. The molecule has 2 N–H and O–H groups in total. The van der Waals surface area contributed by atoms with Crippen LogP contribution in [0.15, 0.2) is 40.9 Å². The van der Waals surface area contributed by atoms with Crippen LogP contribution in [0.25, 0.3) is 0 Å². The Morgan fingerprint density at radius 3 is 2.61 bits per heavy atom. The van der Waals surface area contributed by atoms with Gasteiger partial charge in [-0.3, -0.25) is 9.59 Å². The van der Waals surface area contributed by atoms with Crippen molar-refractivity contribution in [3.63, 3.8) is 0 Å². The van der Waals surface area contributed by atoms with Gasteiger partial charge in [-0.15, -0.1) is 0 Å². The summed E-state index contributed by atoms with van der Waals surface area (Å²) in [5.41, 5.74) is 0.655. The fourth-order valence-corrected chi connectivity index (χ4v) is 4.07. The van der Waals surface area contributed by atoms with Crippen LogP contribution in [-0.4, -0.2) is 23.6 Å². The van der Waals surface area contributed by atoms with Crippen LogP contribution in [0, 0.1) is 34.0 Å². The molecule has 0 aromatic heterocycles. The third-order valence-corrected chi connectivity index (χ3v) is 5.80. The van der Waals surface area contributed by atoms with Crippen molar-refractivity contribution in [3.05, 3.63) is 46.5 Å². The molecular weight excluding hydrogens is 372 g/mol. The summed E-state index contributed by atoms with van der Waals surface area (Å²) in [7, 11) is 0. The molecule has 0 spiro atoms. The van der Waals surface area contributed by atoms with Gasteiger partial charge in [-0.05, 0) is 25.3 Å². The Balaban J connectivity index is 1.92. The molecule has 146 valence electrons. The van der Waals surface area contributed by atoms with Crippen LogP contribution in [0.4, 0.5) is 0 Å². The topological polar surface area (TPSA) is 106 Å². The third kappa shape index (κ3) is 5.15. The second kappa shape index (κ2) is 9.43. The van der Waals surface area contributed by atoms with Crippen molar-refractivity contribution >= 4 is 23.6 Å². The molecule has 0 saturated heterocycles. The summed E-state index contributed by atoms with van der Waals surface area (Å²) < 4.78 is 0. The number of aryl methyl sites for hydroxylation is 1. The first-order valence-electron chi connectivity index (χ1n) is 9.11. The average Bonchev–Trinajstić information content (AvgIpc) is 2.65. The fourth-order valence-electron chi connectivity index (χ4n) is 3.09. The molecule has 1 aromatic rings. The highest BCUT2D eigenvalue weighted by Gasteiger charge is 2.44. The van der Waals surface area contributed by atoms with E-state index in [1.807, 2.05) is 31.2 Å². The molecule has 28 heavy (non-hydrogen) atoms. The predicted octanol–water partition coefficient (Wildman–Crippen LogP) is 2.89. The maximum atomic E-state index is 12.3. The smallest absolute Gasteiger partial charge is 0.243 e. The summed E-state index contributed by atoms with van der Waals surface area (Å²) >= 11 is 1.12. The summed E-state index contributed by atoms with van der Waals surface area (Å²) in [4.78, 5) is 24.4. The maximum Gasteiger partial charge on any atom is 0.243 e. The van der Waals surface area contributed by atoms with Gasteiger partial charge in [-0.1, -0.05) is 55.9 Å². The van der Waals surface area contributed by atoms with E-state index < -0.39 is 17.2 Å². The number of amides is 2. The lowest BCUT2D eigenvalue weighted by molar-refractivity contribution is -0.125. The first kappa shape index (κ1) is 21.5. The number of thioether (sulfide) groups is 1. The molecule has 2 amide bonds.